The Balaban J connectivity index is 1.87. The first-order valence-electron chi connectivity index (χ1n) is 6.45. The van der Waals surface area contributed by atoms with Crippen LogP contribution in [-0.4, -0.2) is 12.5 Å². The number of amides is 1. The number of halogens is 1. The SMILES string of the molecule is N#Cc1c(F)cccc1NC(=O)c1ccc2c(c1)CCO2. The van der Waals surface area contributed by atoms with Gasteiger partial charge in [0.1, 0.15) is 23.2 Å². The number of benzene rings is 2. The second-order valence-electron chi connectivity index (χ2n) is 4.65. The summed E-state index contributed by atoms with van der Waals surface area (Å²) in [5.41, 5.74) is 1.42. The molecule has 104 valence electrons. The molecule has 5 heteroatoms. The van der Waals surface area contributed by atoms with E-state index in [1.165, 1.54) is 18.2 Å². The Labute approximate surface area is 120 Å². The summed E-state index contributed by atoms with van der Waals surface area (Å²) in [5, 5.41) is 11.5. The van der Waals surface area contributed by atoms with Gasteiger partial charge in [0.2, 0.25) is 0 Å². The van der Waals surface area contributed by atoms with E-state index in [2.05, 4.69) is 5.32 Å². The maximum atomic E-state index is 13.5. The Kier molecular flexibility index (Phi) is 3.28. The Hall–Kier alpha value is -2.87. The second kappa shape index (κ2) is 5.25. The lowest BCUT2D eigenvalue weighted by Gasteiger charge is -2.08. The van der Waals surface area contributed by atoms with Crippen molar-refractivity contribution in [2.45, 2.75) is 6.42 Å². The van der Waals surface area contributed by atoms with Crippen LogP contribution in [-0.2, 0) is 6.42 Å². The number of carbonyl (C=O) groups is 1. The first-order chi connectivity index (χ1) is 10.2. The molecule has 1 aliphatic rings. The molecule has 0 saturated carbocycles. The molecule has 0 unspecified atom stereocenters. The molecular formula is C16H11FN2O2. The predicted molar refractivity (Wildman–Crippen MR) is 74.7 cm³/mol. The molecule has 1 amide bonds. The number of ether oxygens (including phenoxy) is 1. The number of hydrogen-bond donors (Lipinski definition) is 1. The molecule has 3 rings (SSSR count). The van der Waals surface area contributed by atoms with E-state index in [0.29, 0.717) is 12.2 Å². The van der Waals surface area contributed by atoms with E-state index in [0.717, 1.165) is 17.7 Å². The zero-order valence-electron chi connectivity index (χ0n) is 11.0. The molecule has 0 aromatic heterocycles. The quantitative estimate of drug-likeness (QED) is 0.921. The van der Waals surface area contributed by atoms with Crippen LogP contribution in [0.2, 0.25) is 0 Å². The molecular weight excluding hydrogens is 271 g/mol. The molecule has 2 aromatic carbocycles. The number of anilines is 1. The van der Waals surface area contributed by atoms with Gasteiger partial charge in [-0.1, -0.05) is 6.07 Å². The van der Waals surface area contributed by atoms with Crippen molar-refractivity contribution in [3.63, 3.8) is 0 Å². The van der Waals surface area contributed by atoms with E-state index in [1.807, 2.05) is 0 Å². The highest BCUT2D eigenvalue weighted by Gasteiger charge is 2.16. The minimum atomic E-state index is -0.655. The average Bonchev–Trinajstić information content (AvgIpc) is 2.94. The van der Waals surface area contributed by atoms with Crippen LogP contribution in [0.5, 0.6) is 5.75 Å². The van der Waals surface area contributed by atoms with E-state index >= 15 is 0 Å². The van der Waals surface area contributed by atoms with Gasteiger partial charge in [-0.25, -0.2) is 4.39 Å². The first kappa shape index (κ1) is 13.1. The van der Waals surface area contributed by atoms with Gasteiger partial charge in [0.25, 0.3) is 5.91 Å². The van der Waals surface area contributed by atoms with Crippen molar-refractivity contribution in [2.75, 3.05) is 11.9 Å². The molecule has 0 bridgehead atoms. The maximum absolute atomic E-state index is 13.5. The number of nitrogens with one attached hydrogen (secondary N) is 1. The van der Waals surface area contributed by atoms with Gasteiger partial charge in [-0.05, 0) is 35.9 Å². The first-order valence-corrected chi connectivity index (χ1v) is 6.45. The van der Waals surface area contributed by atoms with Crippen LogP contribution < -0.4 is 10.1 Å². The Morgan fingerprint density at radius 3 is 3.00 bits per heavy atom. The van der Waals surface area contributed by atoms with Gasteiger partial charge in [-0.15, -0.1) is 0 Å². The standard InChI is InChI=1S/C16H11FN2O2/c17-13-2-1-3-14(12(13)9-18)19-16(20)11-4-5-15-10(8-11)6-7-21-15/h1-5,8H,6-7H2,(H,19,20). The lowest BCUT2D eigenvalue weighted by Crippen LogP contribution is -2.13. The molecule has 1 heterocycles. The van der Waals surface area contributed by atoms with E-state index < -0.39 is 5.82 Å². The van der Waals surface area contributed by atoms with Crippen molar-refractivity contribution in [3.8, 4) is 11.8 Å². The minimum Gasteiger partial charge on any atom is -0.493 e. The van der Waals surface area contributed by atoms with Gasteiger partial charge in [0.05, 0.1) is 12.3 Å². The summed E-state index contributed by atoms with van der Waals surface area (Å²) in [6, 6.07) is 11.0. The summed E-state index contributed by atoms with van der Waals surface area (Å²) in [6.45, 7) is 0.614. The topological polar surface area (TPSA) is 62.1 Å². The third-order valence-corrected chi connectivity index (χ3v) is 3.33. The van der Waals surface area contributed by atoms with Crippen molar-refractivity contribution in [2.24, 2.45) is 0 Å². The van der Waals surface area contributed by atoms with Crippen LogP contribution in [0.1, 0.15) is 21.5 Å². The highest BCUT2D eigenvalue weighted by Crippen LogP contribution is 2.26. The Morgan fingerprint density at radius 2 is 2.19 bits per heavy atom. The van der Waals surface area contributed by atoms with Crippen LogP contribution in [0.4, 0.5) is 10.1 Å². The third kappa shape index (κ3) is 2.43. The summed E-state index contributed by atoms with van der Waals surface area (Å²) in [5.74, 6) is -0.250. The fourth-order valence-electron chi connectivity index (χ4n) is 2.26. The van der Waals surface area contributed by atoms with Gasteiger partial charge >= 0.3 is 0 Å². The molecule has 21 heavy (non-hydrogen) atoms. The monoisotopic (exact) mass is 282 g/mol. The fraction of sp³-hybridized carbons (Fsp3) is 0.125. The molecule has 4 nitrogen and oxygen atoms in total. The highest BCUT2D eigenvalue weighted by molar-refractivity contribution is 6.05. The molecule has 0 fully saturated rings. The summed E-state index contributed by atoms with van der Waals surface area (Å²) < 4.78 is 18.9. The van der Waals surface area contributed by atoms with Crippen LogP contribution in [0.15, 0.2) is 36.4 Å². The van der Waals surface area contributed by atoms with E-state index in [9.17, 15) is 9.18 Å². The molecule has 0 aliphatic carbocycles. The van der Waals surface area contributed by atoms with E-state index in [1.54, 1.807) is 24.3 Å². The summed E-state index contributed by atoms with van der Waals surface area (Å²) in [6.07, 6.45) is 0.764. The number of nitriles is 1. The summed E-state index contributed by atoms with van der Waals surface area (Å²) in [7, 11) is 0. The van der Waals surface area contributed by atoms with Crippen molar-refractivity contribution >= 4 is 11.6 Å². The lowest BCUT2D eigenvalue weighted by atomic mass is 10.1. The number of nitrogens with zero attached hydrogens (tertiary/aromatic N) is 1. The van der Waals surface area contributed by atoms with Crippen LogP contribution in [0.25, 0.3) is 0 Å². The summed E-state index contributed by atoms with van der Waals surface area (Å²) in [4.78, 5) is 12.2. The largest absolute Gasteiger partial charge is 0.493 e. The molecule has 0 saturated heterocycles. The van der Waals surface area contributed by atoms with Crippen LogP contribution >= 0.6 is 0 Å². The van der Waals surface area contributed by atoms with Crippen LogP contribution in [0.3, 0.4) is 0 Å². The number of carbonyl (C=O) groups excluding carboxylic acids is 1. The molecule has 2 aromatic rings. The highest BCUT2D eigenvalue weighted by atomic mass is 19.1. The zero-order valence-corrected chi connectivity index (χ0v) is 11.0. The smallest absolute Gasteiger partial charge is 0.255 e. The predicted octanol–water partition coefficient (Wildman–Crippen LogP) is 2.88. The Bertz CT molecular complexity index is 765. The second-order valence-corrected chi connectivity index (χ2v) is 4.65. The van der Waals surface area contributed by atoms with E-state index in [4.69, 9.17) is 10.00 Å². The minimum absolute atomic E-state index is 0.166. The fourth-order valence-corrected chi connectivity index (χ4v) is 2.26. The van der Waals surface area contributed by atoms with Crippen molar-refractivity contribution in [3.05, 3.63) is 58.9 Å². The third-order valence-electron chi connectivity index (χ3n) is 3.33. The Morgan fingerprint density at radius 1 is 1.33 bits per heavy atom. The van der Waals surface area contributed by atoms with Gasteiger partial charge in [-0.3, -0.25) is 4.79 Å². The molecule has 0 atom stereocenters. The van der Waals surface area contributed by atoms with Gasteiger partial charge in [0.15, 0.2) is 0 Å². The number of rotatable bonds is 2. The summed E-state index contributed by atoms with van der Waals surface area (Å²) >= 11 is 0. The molecule has 0 spiro atoms. The van der Waals surface area contributed by atoms with Crippen molar-refractivity contribution in [1.82, 2.24) is 0 Å². The van der Waals surface area contributed by atoms with Gasteiger partial charge in [-0.2, -0.15) is 5.26 Å². The van der Waals surface area contributed by atoms with Crippen LogP contribution in [0, 0.1) is 17.1 Å². The zero-order chi connectivity index (χ0) is 14.8. The lowest BCUT2D eigenvalue weighted by molar-refractivity contribution is 0.102. The normalized spacial score (nSPS) is 12.2. The van der Waals surface area contributed by atoms with Gasteiger partial charge < -0.3 is 10.1 Å². The maximum Gasteiger partial charge on any atom is 0.255 e. The van der Waals surface area contributed by atoms with Crippen molar-refractivity contribution in [1.29, 1.82) is 5.26 Å². The molecule has 1 N–H and O–H groups in total. The average molecular weight is 282 g/mol. The van der Waals surface area contributed by atoms with E-state index in [-0.39, 0.29) is 17.2 Å². The molecule has 1 aliphatic heterocycles. The molecule has 0 radical (unpaired) electrons. The van der Waals surface area contributed by atoms with Gasteiger partial charge in [0, 0.05) is 12.0 Å². The number of fused-ring (bicyclic) bond motifs is 1. The van der Waals surface area contributed by atoms with Crippen molar-refractivity contribution < 1.29 is 13.9 Å². The number of hydrogen-bond acceptors (Lipinski definition) is 3.